The van der Waals surface area contributed by atoms with Crippen molar-refractivity contribution in [2.24, 2.45) is 7.05 Å². The first-order chi connectivity index (χ1) is 8.61. The van der Waals surface area contributed by atoms with Gasteiger partial charge >= 0.3 is 0 Å². The monoisotopic (exact) mass is 283 g/mol. The van der Waals surface area contributed by atoms with Gasteiger partial charge in [0.15, 0.2) is 0 Å². The fourth-order valence-corrected chi connectivity index (χ4v) is 2.22. The van der Waals surface area contributed by atoms with E-state index in [-0.39, 0.29) is 0 Å². The van der Waals surface area contributed by atoms with Gasteiger partial charge in [-0.25, -0.2) is 0 Å². The molecule has 1 aromatic heterocycles. The van der Waals surface area contributed by atoms with Gasteiger partial charge in [0.25, 0.3) is 0 Å². The number of alkyl halides is 1. The van der Waals surface area contributed by atoms with Gasteiger partial charge in [-0.05, 0) is 24.6 Å². The highest BCUT2D eigenvalue weighted by molar-refractivity contribution is 6.31. The van der Waals surface area contributed by atoms with E-state index in [1.165, 1.54) is 0 Å². The summed E-state index contributed by atoms with van der Waals surface area (Å²) in [6, 6.07) is 8.02. The number of aryl methyl sites for hydroxylation is 2. The van der Waals surface area contributed by atoms with E-state index in [2.05, 4.69) is 10.4 Å². The van der Waals surface area contributed by atoms with Crippen molar-refractivity contribution in [2.45, 2.75) is 19.3 Å². The van der Waals surface area contributed by atoms with Crippen molar-refractivity contribution in [3.8, 4) is 0 Å². The van der Waals surface area contributed by atoms with Gasteiger partial charge < -0.3 is 5.32 Å². The minimum atomic E-state index is 0.515. The van der Waals surface area contributed by atoms with Gasteiger partial charge in [-0.1, -0.05) is 23.7 Å². The second-order valence-corrected chi connectivity index (χ2v) is 4.80. The molecule has 0 saturated carbocycles. The number of nitrogens with one attached hydrogen (secondary N) is 1. The molecular weight excluding hydrogens is 269 g/mol. The minimum Gasteiger partial charge on any atom is -0.379 e. The lowest BCUT2D eigenvalue weighted by Gasteiger charge is -2.08. The van der Waals surface area contributed by atoms with Gasteiger partial charge in [0, 0.05) is 18.6 Å². The summed E-state index contributed by atoms with van der Waals surface area (Å²) in [6.45, 7) is 2.54. The molecule has 96 valence electrons. The average molecular weight is 284 g/mol. The molecule has 0 spiro atoms. The summed E-state index contributed by atoms with van der Waals surface area (Å²) in [4.78, 5) is 0. The number of benzene rings is 1. The number of nitrogens with zero attached hydrogens (tertiary/aromatic N) is 2. The maximum Gasteiger partial charge on any atom is 0.0865 e. The molecule has 0 fully saturated rings. The molecule has 5 heteroatoms. The highest BCUT2D eigenvalue weighted by atomic mass is 35.5. The summed E-state index contributed by atoms with van der Waals surface area (Å²) in [5, 5.41) is 8.33. The zero-order valence-electron chi connectivity index (χ0n) is 10.4. The first-order valence-electron chi connectivity index (χ1n) is 5.68. The zero-order valence-corrected chi connectivity index (χ0v) is 11.9. The van der Waals surface area contributed by atoms with E-state index < -0.39 is 0 Å². The third-order valence-corrected chi connectivity index (χ3v) is 3.60. The minimum absolute atomic E-state index is 0.515. The van der Waals surface area contributed by atoms with Crippen LogP contribution < -0.4 is 5.32 Å². The van der Waals surface area contributed by atoms with E-state index >= 15 is 0 Å². The smallest absolute Gasteiger partial charge is 0.0865 e. The molecule has 3 nitrogen and oxygen atoms in total. The van der Waals surface area contributed by atoms with Crippen molar-refractivity contribution in [1.82, 2.24) is 9.78 Å². The summed E-state index contributed by atoms with van der Waals surface area (Å²) in [5.41, 5.74) is 3.95. The fraction of sp³-hybridized carbons (Fsp3) is 0.308. The van der Waals surface area contributed by atoms with Crippen LogP contribution in [0.5, 0.6) is 0 Å². The van der Waals surface area contributed by atoms with Crippen molar-refractivity contribution in [1.29, 1.82) is 0 Å². The van der Waals surface area contributed by atoms with E-state index in [0.717, 1.165) is 27.7 Å². The predicted octanol–water partition coefficient (Wildman–Crippen LogP) is 3.73. The van der Waals surface area contributed by atoms with Crippen LogP contribution >= 0.6 is 23.2 Å². The van der Waals surface area contributed by atoms with Gasteiger partial charge in [-0.3, -0.25) is 4.68 Å². The van der Waals surface area contributed by atoms with Crippen molar-refractivity contribution < 1.29 is 0 Å². The molecule has 1 N–H and O–H groups in total. The first-order valence-corrected chi connectivity index (χ1v) is 6.60. The van der Waals surface area contributed by atoms with Crippen molar-refractivity contribution in [3.63, 3.8) is 0 Å². The molecule has 1 heterocycles. The maximum atomic E-state index is 6.19. The lowest BCUT2D eigenvalue weighted by molar-refractivity contribution is 0.713. The zero-order chi connectivity index (χ0) is 13.1. The van der Waals surface area contributed by atoms with Gasteiger partial charge in [0.05, 0.1) is 23.0 Å². The van der Waals surface area contributed by atoms with Gasteiger partial charge in [0.2, 0.25) is 0 Å². The lowest BCUT2D eigenvalue weighted by atomic mass is 10.2. The van der Waals surface area contributed by atoms with Gasteiger partial charge in [0.1, 0.15) is 0 Å². The van der Waals surface area contributed by atoms with Crippen LogP contribution in [-0.2, 0) is 19.5 Å². The molecule has 2 aromatic rings. The summed E-state index contributed by atoms with van der Waals surface area (Å²) >= 11 is 12.0. The van der Waals surface area contributed by atoms with Crippen LogP contribution in [0.15, 0.2) is 24.3 Å². The normalized spacial score (nSPS) is 10.7. The maximum absolute atomic E-state index is 6.19. The van der Waals surface area contributed by atoms with Crippen LogP contribution in [0.4, 0.5) is 5.69 Å². The number of hydrogen-bond acceptors (Lipinski definition) is 2. The number of rotatable bonds is 4. The number of halogens is 2. The largest absolute Gasteiger partial charge is 0.379 e. The molecule has 0 radical (unpaired) electrons. The highest BCUT2D eigenvalue weighted by Crippen LogP contribution is 2.21. The average Bonchev–Trinajstić information content (AvgIpc) is 2.61. The first kappa shape index (κ1) is 13.2. The molecule has 0 amide bonds. The Bertz CT molecular complexity index is 549. The number of hydrogen-bond donors (Lipinski definition) is 1. The fourth-order valence-electron chi connectivity index (χ4n) is 1.82. The second kappa shape index (κ2) is 5.63. The Morgan fingerprint density at radius 3 is 2.78 bits per heavy atom. The molecule has 0 aliphatic rings. The van der Waals surface area contributed by atoms with Crippen molar-refractivity contribution in [3.05, 3.63) is 46.2 Å². The molecule has 1 aromatic carbocycles. The lowest BCUT2D eigenvalue weighted by Crippen LogP contribution is -2.06. The Morgan fingerprint density at radius 2 is 2.17 bits per heavy atom. The Labute approximate surface area is 117 Å². The second-order valence-electron chi connectivity index (χ2n) is 4.16. The number of aromatic nitrogens is 2. The topological polar surface area (TPSA) is 29.9 Å². The molecule has 18 heavy (non-hydrogen) atoms. The van der Waals surface area contributed by atoms with Gasteiger partial charge in [-0.15, -0.1) is 11.6 Å². The Morgan fingerprint density at radius 1 is 1.39 bits per heavy atom. The molecule has 0 saturated heterocycles. The van der Waals surface area contributed by atoms with E-state index in [9.17, 15) is 0 Å². The summed E-state index contributed by atoms with van der Waals surface area (Å²) < 4.78 is 1.80. The van der Waals surface area contributed by atoms with Gasteiger partial charge in [-0.2, -0.15) is 5.10 Å². The predicted molar refractivity (Wildman–Crippen MR) is 76.3 cm³/mol. The molecule has 0 aliphatic heterocycles. The Balaban J connectivity index is 2.11. The molecule has 2 rings (SSSR count). The van der Waals surface area contributed by atoms with Crippen molar-refractivity contribution in [2.75, 3.05) is 5.32 Å². The molecule has 0 aliphatic carbocycles. The standard InChI is InChI=1S/C13H15Cl2N3/c1-9-13(15)12(18(2)17-9)8-16-11-5-3-4-10(6-11)7-14/h3-6,16H,7-8H2,1-2H3. The van der Waals surface area contributed by atoms with Crippen LogP contribution in [0, 0.1) is 6.92 Å². The molecule has 0 bridgehead atoms. The van der Waals surface area contributed by atoms with Crippen LogP contribution in [0.3, 0.4) is 0 Å². The Hall–Kier alpha value is -1.19. The third-order valence-electron chi connectivity index (χ3n) is 2.80. The van der Waals surface area contributed by atoms with Crippen molar-refractivity contribution >= 4 is 28.9 Å². The molecule has 0 atom stereocenters. The van der Waals surface area contributed by atoms with Crippen LogP contribution in [0.1, 0.15) is 17.0 Å². The number of anilines is 1. The highest BCUT2D eigenvalue weighted by Gasteiger charge is 2.10. The van der Waals surface area contributed by atoms with E-state index in [4.69, 9.17) is 23.2 Å². The molecule has 0 unspecified atom stereocenters. The quantitative estimate of drug-likeness (QED) is 0.867. The van der Waals surface area contributed by atoms with E-state index in [0.29, 0.717) is 12.4 Å². The Kier molecular flexibility index (Phi) is 4.15. The SMILES string of the molecule is Cc1nn(C)c(CNc2cccc(CCl)c2)c1Cl. The summed E-state index contributed by atoms with van der Waals surface area (Å²) in [6.07, 6.45) is 0. The van der Waals surface area contributed by atoms with E-state index in [1.807, 2.05) is 38.2 Å². The molecular formula is C13H15Cl2N3. The summed E-state index contributed by atoms with van der Waals surface area (Å²) in [5.74, 6) is 0.515. The summed E-state index contributed by atoms with van der Waals surface area (Å²) in [7, 11) is 1.89. The van der Waals surface area contributed by atoms with Crippen LogP contribution in [0.2, 0.25) is 5.02 Å². The third kappa shape index (κ3) is 2.79. The van der Waals surface area contributed by atoms with Crippen LogP contribution in [0.25, 0.3) is 0 Å². The van der Waals surface area contributed by atoms with E-state index in [1.54, 1.807) is 4.68 Å². The van der Waals surface area contributed by atoms with Crippen LogP contribution in [-0.4, -0.2) is 9.78 Å².